The quantitative estimate of drug-likeness (QED) is 0.920. The van der Waals surface area contributed by atoms with Crippen molar-refractivity contribution < 1.29 is 9.00 Å². The van der Waals surface area contributed by atoms with E-state index in [9.17, 15) is 9.00 Å². The molecule has 0 bridgehead atoms. The highest BCUT2D eigenvalue weighted by molar-refractivity contribution is 7.84. The first-order valence-electron chi connectivity index (χ1n) is 7.70. The van der Waals surface area contributed by atoms with Gasteiger partial charge in [0.1, 0.15) is 5.82 Å². The molecule has 2 amide bonds. The van der Waals surface area contributed by atoms with Crippen molar-refractivity contribution in [2.45, 2.75) is 31.7 Å². The van der Waals surface area contributed by atoms with Crippen molar-refractivity contribution in [3.63, 3.8) is 0 Å². The molecule has 24 heavy (non-hydrogen) atoms. The Labute approximate surface area is 145 Å². The Bertz CT molecular complexity index is 739. The van der Waals surface area contributed by atoms with Gasteiger partial charge in [-0.3, -0.25) is 9.53 Å². The van der Waals surface area contributed by atoms with Gasteiger partial charge >= 0.3 is 6.03 Å². The van der Waals surface area contributed by atoms with Crippen molar-refractivity contribution >= 4 is 22.6 Å². The topological polar surface area (TPSA) is 62.3 Å². The largest absolute Gasteiger partial charge is 0.323 e. The molecule has 5 nitrogen and oxygen atoms in total. The Morgan fingerprint density at radius 2 is 1.83 bits per heavy atom. The minimum absolute atomic E-state index is 0.116. The van der Waals surface area contributed by atoms with Crippen molar-refractivity contribution in [1.82, 2.24) is 9.88 Å². The molecule has 1 N–H and O–H groups in total. The van der Waals surface area contributed by atoms with Gasteiger partial charge in [0.05, 0.1) is 6.04 Å². The zero-order valence-corrected chi connectivity index (χ0v) is 15.5. The highest BCUT2D eigenvalue weighted by atomic mass is 32.2. The third-order valence-corrected chi connectivity index (χ3v) is 4.86. The summed E-state index contributed by atoms with van der Waals surface area (Å²) >= 11 is 0. The van der Waals surface area contributed by atoms with Crippen LogP contribution in [0.25, 0.3) is 0 Å². The summed E-state index contributed by atoms with van der Waals surface area (Å²) in [7, 11) is 0.742. The first-order chi connectivity index (χ1) is 11.3. The van der Waals surface area contributed by atoms with E-state index in [0.29, 0.717) is 5.82 Å². The number of aryl methyl sites for hydroxylation is 2. The fourth-order valence-corrected chi connectivity index (χ4v) is 2.96. The van der Waals surface area contributed by atoms with Crippen LogP contribution in [0.15, 0.2) is 41.3 Å². The monoisotopic (exact) mass is 345 g/mol. The van der Waals surface area contributed by atoms with Gasteiger partial charge in [0.15, 0.2) is 0 Å². The van der Waals surface area contributed by atoms with E-state index in [1.165, 1.54) is 0 Å². The Morgan fingerprint density at radius 3 is 2.38 bits per heavy atom. The second kappa shape index (κ2) is 7.57. The van der Waals surface area contributed by atoms with Crippen LogP contribution in [0.4, 0.5) is 10.6 Å². The summed E-state index contributed by atoms with van der Waals surface area (Å²) in [5.74, 6) is 0.549. The van der Waals surface area contributed by atoms with E-state index in [1.807, 2.05) is 57.2 Å². The molecule has 1 aromatic heterocycles. The lowest BCUT2D eigenvalue weighted by atomic mass is 10.1. The summed E-state index contributed by atoms with van der Waals surface area (Å²) in [6.45, 7) is 5.82. The lowest BCUT2D eigenvalue weighted by Gasteiger charge is -2.25. The summed E-state index contributed by atoms with van der Waals surface area (Å²) in [4.78, 5) is 19.2. The first-order valence-corrected chi connectivity index (χ1v) is 9.26. The predicted molar refractivity (Wildman–Crippen MR) is 97.7 cm³/mol. The average Bonchev–Trinajstić information content (AvgIpc) is 2.52. The Hall–Kier alpha value is -2.21. The number of nitrogens with one attached hydrogen (secondary N) is 1. The van der Waals surface area contributed by atoms with E-state index in [0.717, 1.165) is 21.7 Å². The maximum atomic E-state index is 12.5. The van der Waals surface area contributed by atoms with Gasteiger partial charge in [-0.1, -0.05) is 12.1 Å². The maximum Gasteiger partial charge on any atom is 0.323 e. The second-order valence-electron chi connectivity index (χ2n) is 5.91. The molecule has 0 fully saturated rings. The molecule has 2 atom stereocenters. The van der Waals surface area contributed by atoms with E-state index in [-0.39, 0.29) is 12.1 Å². The number of hydrogen-bond acceptors (Lipinski definition) is 3. The summed E-state index contributed by atoms with van der Waals surface area (Å²) in [5, 5.41) is 2.83. The number of nitrogens with zero attached hydrogens (tertiary/aromatic N) is 2. The van der Waals surface area contributed by atoms with Crippen molar-refractivity contribution in [2.75, 3.05) is 18.6 Å². The number of carbonyl (C=O) groups excluding carboxylic acids is 1. The number of amides is 2. The lowest BCUT2D eigenvalue weighted by Crippen LogP contribution is -2.33. The van der Waals surface area contributed by atoms with E-state index in [1.54, 1.807) is 18.2 Å². The second-order valence-corrected chi connectivity index (χ2v) is 7.29. The third-order valence-electron chi connectivity index (χ3n) is 3.93. The van der Waals surface area contributed by atoms with Gasteiger partial charge in [-0.15, -0.1) is 0 Å². The molecule has 2 unspecified atom stereocenters. The van der Waals surface area contributed by atoms with Crippen molar-refractivity contribution in [3.8, 4) is 0 Å². The summed E-state index contributed by atoms with van der Waals surface area (Å²) in [6.07, 6.45) is 1.65. The van der Waals surface area contributed by atoms with Crippen LogP contribution in [0.5, 0.6) is 0 Å². The first kappa shape index (κ1) is 18.1. The smallest absolute Gasteiger partial charge is 0.321 e. The molecule has 128 valence electrons. The molecule has 0 saturated heterocycles. The number of anilines is 1. The Balaban J connectivity index is 2.10. The van der Waals surface area contributed by atoms with Gasteiger partial charge in [0, 0.05) is 34.7 Å². The maximum absolute atomic E-state index is 12.5. The van der Waals surface area contributed by atoms with Crippen LogP contribution in [0, 0.1) is 13.8 Å². The van der Waals surface area contributed by atoms with Crippen LogP contribution in [0.1, 0.15) is 29.8 Å². The van der Waals surface area contributed by atoms with Gasteiger partial charge in [0.25, 0.3) is 0 Å². The van der Waals surface area contributed by atoms with E-state index in [2.05, 4.69) is 10.3 Å². The zero-order chi connectivity index (χ0) is 17.9. The molecule has 1 aromatic carbocycles. The zero-order valence-electron chi connectivity index (χ0n) is 14.7. The number of pyridine rings is 1. The molecule has 1 heterocycles. The van der Waals surface area contributed by atoms with Crippen molar-refractivity contribution in [1.29, 1.82) is 0 Å². The van der Waals surface area contributed by atoms with E-state index < -0.39 is 10.8 Å². The minimum Gasteiger partial charge on any atom is -0.321 e. The third kappa shape index (κ3) is 4.41. The van der Waals surface area contributed by atoms with Crippen LogP contribution in [0.3, 0.4) is 0 Å². The molecular weight excluding hydrogens is 322 g/mol. The number of urea groups is 1. The summed E-state index contributed by atoms with van der Waals surface area (Å²) in [6, 6.07) is 10.9. The molecule has 0 radical (unpaired) electrons. The SMILES string of the molecule is Cc1cc(C)nc(NC(=O)N(C)C(C)c2ccc(S(C)=O)cc2)c1. The van der Waals surface area contributed by atoms with E-state index in [4.69, 9.17) is 0 Å². The van der Waals surface area contributed by atoms with Crippen molar-refractivity contribution in [3.05, 3.63) is 53.2 Å². The van der Waals surface area contributed by atoms with E-state index >= 15 is 0 Å². The molecule has 0 aliphatic carbocycles. The van der Waals surface area contributed by atoms with Crippen LogP contribution in [0.2, 0.25) is 0 Å². The highest BCUT2D eigenvalue weighted by Crippen LogP contribution is 2.21. The molecule has 6 heteroatoms. The van der Waals surface area contributed by atoms with Crippen LogP contribution in [-0.4, -0.2) is 33.4 Å². The molecule has 0 aliphatic rings. The molecular formula is C18H23N3O2S. The van der Waals surface area contributed by atoms with Crippen LogP contribution >= 0.6 is 0 Å². The molecule has 0 spiro atoms. The minimum atomic E-state index is -1.00. The Kier molecular flexibility index (Phi) is 5.72. The van der Waals surface area contributed by atoms with Gasteiger partial charge in [-0.25, -0.2) is 9.78 Å². The van der Waals surface area contributed by atoms with Crippen molar-refractivity contribution in [2.24, 2.45) is 0 Å². The van der Waals surface area contributed by atoms with Gasteiger partial charge < -0.3 is 4.90 Å². The molecule has 0 saturated carbocycles. The lowest BCUT2D eigenvalue weighted by molar-refractivity contribution is 0.208. The summed E-state index contributed by atoms with van der Waals surface area (Å²) in [5.41, 5.74) is 2.90. The van der Waals surface area contributed by atoms with Gasteiger partial charge in [0.2, 0.25) is 0 Å². The molecule has 2 rings (SSSR count). The molecule has 0 aliphatic heterocycles. The summed E-state index contributed by atoms with van der Waals surface area (Å²) < 4.78 is 11.5. The molecule has 2 aromatic rings. The number of carbonyl (C=O) groups is 1. The van der Waals surface area contributed by atoms with Gasteiger partial charge in [-0.2, -0.15) is 0 Å². The normalized spacial score (nSPS) is 13.2. The number of hydrogen-bond donors (Lipinski definition) is 1. The fourth-order valence-electron chi connectivity index (χ4n) is 2.44. The predicted octanol–water partition coefficient (Wildman–Crippen LogP) is 3.66. The highest BCUT2D eigenvalue weighted by Gasteiger charge is 2.18. The van der Waals surface area contributed by atoms with Crippen LogP contribution < -0.4 is 5.32 Å². The number of rotatable bonds is 4. The average molecular weight is 345 g/mol. The van der Waals surface area contributed by atoms with Gasteiger partial charge in [-0.05, 0) is 56.2 Å². The Morgan fingerprint density at radius 1 is 1.21 bits per heavy atom. The van der Waals surface area contributed by atoms with Crippen LogP contribution in [-0.2, 0) is 10.8 Å². The standard InChI is InChI=1S/C18H23N3O2S/c1-12-10-13(2)19-17(11-12)20-18(22)21(4)14(3)15-6-8-16(9-7-15)24(5)23/h6-11,14H,1-5H3,(H,19,20,22). The number of aromatic nitrogens is 1. The number of benzene rings is 1. The fraction of sp³-hybridized carbons (Fsp3) is 0.333.